The maximum absolute atomic E-state index is 13.3. The van der Waals surface area contributed by atoms with Crippen LogP contribution >= 0.6 is 29.2 Å². The summed E-state index contributed by atoms with van der Waals surface area (Å²) in [6, 6.07) is 15.9. The number of hydrogen-bond donors (Lipinski definition) is 2. The highest BCUT2D eigenvalue weighted by Crippen LogP contribution is 2.31. The highest BCUT2D eigenvalue weighted by Gasteiger charge is 2.21. The number of fused-ring (bicyclic) bond motifs is 2. The molecule has 0 radical (unpaired) electrons. The van der Waals surface area contributed by atoms with Crippen molar-refractivity contribution in [2.75, 3.05) is 37.0 Å². The molecule has 12 heteroatoms. The van der Waals surface area contributed by atoms with E-state index in [1.54, 1.807) is 26.5 Å². The quantitative estimate of drug-likeness (QED) is 0.105. The fourth-order valence-electron chi connectivity index (χ4n) is 4.72. The Morgan fingerprint density at radius 3 is 2.38 bits per heavy atom. The smallest absolute Gasteiger partial charge is 0.227 e. The van der Waals surface area contributed by atoms with Gasteiger partial charge in [0, 0.05) is 50.0 Å². The van der Waals surface area contributed by atoms with Gasteiger partial charge in [-0.15, -0.1) is 0 Å². The van der Waals surface area contributed by atoms with E-state index in [1.807, 2.05) is 54.6 Å². The van der Waals surface area contributed by atoms with Crippen molar-refractivity contribution in [2.24, 2.45) is 0 Å². The second-order valence-electron chi connectivity index (χ2n) is 11.1. The zero-order valence-electron chi connectivity index (χ0n) is 26.2. The number of benzene rings is 2. The molecule has 0 bridgehead atoms. The Kier molecular flexibility index (Phi) is 16.3. The van der Waals surface area contributed by atoms with Gasteiger partial charge in [0.1, 0.15) is 7.60 Å². The monoisotopic (exact) mass is 674 g/mol. The lowest BCUT2D eigenvalue weighted by Crippen LogP contribution is -2.33. The number of para-hydroxylation sites is 1. The number of nitrogens with one attached hydrogen (secondary N) is 2. The molecule has 1 heterocycles. The minimum Gasteiger partial charge on any atom is -0.779 e. The minimum atomic E-state index is -3.64. The molecule has 0 saturated carbocycles. The van der Waals surface area contributed by atoms with Crippen molar-refractivity contribution in [1.29, 1.82) is 0 Å². The Balaban J connectivity index is 1.25. The molecule has 0 saturated heterocycles. The standard InChI is InChI=1S/C33H46N3O6PS2/c1-26(15-18-31(37)34-21-9-3-4-10-23-42-43(2,40)41)45-44-24-22-35-32(38)19-20-33(39)36-25-29-13-6-5-11-27(29)16-17-28-12-7-8-14-30(28)36/h5-8,11-14,16-17,26H,3-4,9-10,15,18-25H2,1-2H3,(H,34,37)(H,35,38)(H,40,41)/p-1/b17-16-. The van der Waals surface area contributed by atoms with Gasteiger partial charge < -0.3 is 29.5 Å². The normalized spacial score (nSPS) is 15.0. The van der Waals surface area contributed by atoms with Crippen LogP contribution in [0, 0.1) is 0 Å². The summed E-state index contributed by atoms with van der Waals surface area (Å²) in [6.45, 7) is 4.97. The van der Waals surface area contributed by atoms with Crippen molar-refractivity contribution in [3.8, 4) is 0 Å². The molecule has 2 unspecified atom stereocenters. The topological polar surface area (TPSA) is 128 Å². The molecule has 1 aliphatic rings. The maximum Gasteiger partial charge on any atom is 0.227 e. The number of rotatable bonds is 19. The fraction of sp³-hybridized carbons (Fsp3) is 0.485. The van der Waals surface area contributed by atoms with Crippen molar-refractivity contribution in [1.82, 2.24) is 10.6 Å². The summed E-state index contributed by atoms with van der Waals surface area (Å²) >= 11 is 0. The Morgan fingerprint density at radius 1 is 0.911 bits per heavy atom. The van der Waals surface area contributed by atoms with E-state index < -0.39 is 7.60 Å². The van der Waals surface area contributed by atoms with Crippen LogP contribution < -0.4 is 20.4 Å². The summed E-state index contributed by atoms with van der Waals surface area (Å²) in [5.74, 6) is 0.555. The van der Waals surface area contributed by atoms with E-state index >= 15 is 0 Å². The molecule has 3 amide bonds. The van der Waals surface area contributed by atoms with Crippen molar-refractivity contribution >= 4 is 64.7 Å². The number of nitrogens with zero attached hydrogens (tertiary/aromatic N) is 1. The van der Waals surface area contributed by atoms with Gasteiger partial charge in [0.25, 0.3) is 0 Å². The maximum atomic E-state index is 13.3. The lowest BCUT2D eigenvalue weighted by atomic mass is 10.0. The highest BCUT2D eigenvalue weighted by atomic mass is 33.1. The predicted molar refractivity (Wildman–Crippen MR) is 185 cm³/mol. The molecule has 0 fully saturated rings. The Bertz CT molecular complexity index is 1340. The van der Waals surface area contributed by atoms with Gasteiger partial charge in [-0.3, -0.25) is 14.4 Å². The zero-order chi connectivity index (χ0) is 32.5. The molecular weight excluding hydrogens is 629 g/mol. The van der Waals surface area contributed by atoms with Crippen LogP contribution in [0.2, 0.25) is 0 Å². The summed E-state index contributed by atoms with van der Waals surface area (Å²) < 4.78 is 15.7. The second-order valence-corrected chi connectivity index (χ2v) is 15.8. The van der Waals surface area contributed by atoms with Crippen molar-refractivity contribution in [2.45, 2.75) is 70.1 Å². The fourth-order valence-corrected chi connectivity index (χ4v) is 7.44. The number of unbranched alkanes of at least 4 members (excludes halogenated alkanes) is 3. The predicted octanol–water partition coefficient (Wildman–Crippen LogP) is 6.03. The van der Waals surface area contributed by atoms with Gasteiger partial charge >= 0.3 is 0 Å². The first kappa shape index (κ1) is 36.9. The molecule has 246 valence electrons. The van der Waals surface area contributed by atoms with E-state index in [0.717, 1.165) is 60.5 Å². The number of carbonyl (C=O) groups is 3. The van der Waals surface area contributed by atoms with Crippen LogP contribution in [-0.4, -0.2) is 55.1 Å². The molecule has 0 spiro atoms. The van der Waals surface area contributed by atoms with Crippen LogP contribution in [0.4, 0.5) is 5.69 Å². The van der Waals surface area contributed by atoms with Gasteiger partial charge in [-0.25, -0.2) is 0 Å². The molecular formula is C33H45N3O6PS2-. The third-order valence-corrected chi connectivity index (χ3v) is 10.8. The number of amides is 3. The first-order valence-electron chi connectivity index (χ1n) is 15.5. The number of carbonyl (C=O) groups excluding carboxylic acids is 3. The number of hydrogen-bond acceptors (Lipinski definition) is 8. The van der Waals surface area contributed by atoms with Crippen molar-refractivity contribution in [3.63, 3.8) is 0 Å². The van der Waals surface area contributed by atoms with E-state index in [-0.39, 0.29) is 37.2 Å². The van der Waals surface area contributed by atoms with Gasteiger partial charge in [0.15, 0.2) is 0 Å². The molecule has 3 rings (SSSR count). The first-order valence-corrected chi connectivity index (χ1v) is 19.9. The summed E-state index contributed by atoms with van der Waals surface area (Å²) in [4.78, 5) is 50.6. The van der Waals surface area contributed by atoms with Crippen molar-refractivity contribution in [3.05, 3.63) is 65.2 Å². The largest absolute Gasteiger partial charge is 0.779 e. The van der Waals surface area contributed by atoms with E-state index in [1.165, 1.54) is 0 Å². The van der Waals surface area contributed by atoms with Crippen LogP contribution in [0.1, 0.15) is 75.0 Å². The Hall–Kier alpha value is -2.56. The molecule has 2 aromatic carbocycles. The third kappa shape index (κ3) is 14.6. The summed E-state index contributed by atoms with van der Waals surface area (Å²) in [5.41, 5.74) is 3.96. The third-order valence-electron chi connectivity index (χ3n) is 7.16. The average Bonchev–Trinajstić information content (AvgIpc) is 3.00. The molecule has 9 nitrogen and oxygen atoms in total. The van der Waals surface area contributed by atoms with Gasteiger partial charge in [-0.2, -0.15) is 0 Å². The van der Waals surface area contributed by atoms with Gasteiger partial charge in [0.2, 0.25) is 17.7 Å². The molecule has 2 N–H and O–H groups in total. The summed E-state index contributed by atoms with van der Waals surface area (Å²) in [6.07, 6.45) is 8.91. The first-order chi connectivity index (χ1) is 21.6. The van der Waals surface area contributed by atoms with E-state index in [4.69, 9.17) is 4.52 Å². The van der Waals surface area contributed by atoms with Crippen LogP contribution in [0.15, 0.2) is 48.5 Å². The molecule has 2 aromatic rings. The lowest BCUT2D eigenvalue weighted by molar-refractivity contribution is -0.196. The second kappa shape index (κ2) is 19.8. The highest BCUT2D eigenvalue weighted by molar-refractivity contribution is 8.76. The van der Waals surface area contributed by atoms with Gasteiger partial charge in [-0.1, -0.05) is 96.0 Å². The van der Waals surface area contributed by atoms with Crippen LogP contribution in [0.5, 0.6) is 0 Å². The Morgan fingerprint density at radius 2 is 1.58 bits per heavy atom. The summed E-state index contributed by atoms with van der Waals surface area (Å²) in [7, 11) is -0.267. The molecule has 2 atom stereocenters. The summed E-state index contributed by atoms with van der Waals surface area (Å²) in [5, 5.41) is 6.16. The van der Waals surface area contributed by atoms with E-state index in [0.29, 0.717) is 37.7 Å². The zero-order valence-corrected chi connectivity index (χ0v) is 28.7. The Labute approximate surface area is 275 Å². The van der Waals surface area contributed by atoms with Gasteiger partial charge in [0.05, 0.1) is 18.8 Å². The molecule has 45 heavy (non-hydrogen) atoms. The molecule has 1 aliphatic heterocycles. The lowest BCUT2D eigenvalue weighted by Gasteiger charge is -2.27. The van der Waals surface area contributed by atoms with Crippen LogP contribution in [-0.2, 0) is 30.0 Å². The molecule has 0 aromatic heterocycles. The minimum absolute atomic E-state index is 0.0377. The van der Waals surface area contributed by atoms with Crippen LogP contribution in [0.3, 0.4) is 0 Å². The molecule has 0 aliphatic carbocycles. The van der Waals surface area contributed by atoms with Crippen molar-refractivity contribution < 1.29 is 28.4 Å². The SMILES string of the molecule is CC(CCC(=O)NCCCCCCOP(C)(=O)[O-])SSCCNC(=O)CCC(=O)N1Cc2ccccc2/C=C\c2ccccc21. The van der Waals surface area contributed by atoms with Crippen LogP contribution in [0.25, 0.3) is 12.2 Å². The average molecular weight is 675 g/mol. The van der Waals surface area contributed by atoms with E-state index in [9.17, 15) is 23.8 Å². The van der Waals surface area contributed by atoms with Gasteiger partial charge in [-0.05, 0) is 42.0 Å². The number of anilines is 1. The van der Waals surface area contributed by atoms with E-state index in [2.05, 4.69) is 23.6 Å².